The van der Waals surface area contributed by atoms with Crippen LogP contribution in [0.15, 0.2) is 23.0 Å². The highest BCUT2D eigenvalue weighted by Crippen LogP contribution is 2.14. The lowest BCUT2D eigenvalue weighted by molar-refractivity contribution is -0.124. The van der Waals surface area contributed by atoms with Gasteiger partial charge < -0.3 is 20.8 Å². The molecule has 4 N–H and O–H groups in total. The van der Waals surface area contributed by atoms with E-state index >= 15 is 0 Å². The summed E-state index contributed by atoms with van der Waals surface area (Å²) in [5.74, 6) is -0.419. The first-order chi connectivity index (χ1) is 9.30. The highest BCUT2D eigenvalue weighted by Gasteiger charge is 2.30. The quantitative estimate of drug-likeness (QED) is 0.721. The third-order valence-corrected chi connectivity index (χ3v) is 3.63. The first-order valence-corrected chi connectivity index (χ1v) is 6.65. The molecule has 1 heterocycles. The van der Waals surface area contributed by atoms with E-state index in [0.29, 0.717) is 12.1 Å². The van der Waals surface area contributed by atoms with Crippen LogP contribution in [0.2, 0.25) is 0 Å². The molecule has 0 radical (unpaired) electrons. The van der Waals surface area contributed by atoms with E-state index in [1.165, 1.54) is 18.6 Å². The predicted octanol–water partition coefficient (Wildman–Crippen LogP) is 0.888. The average molecular weight is 281 g/mol. The molecule has 0 saturated carbocycles. The highest BCUT2D eigenvalue weighted by molar-refractivity contribution is 5.97. The maximum Gasteiger partial charge on any atom is 0.255 e. The molecule has 2 unspecified atom stereocenters. The summed E-state index contributed by atoms with van der Waals surface area (Å²) in [6.45, 7) is 7.83. The highest BCUT2D eigenvalue weighted by atomic mass is 16.3. The van der Waals surface area contributed by atoms with Crippen molar-refractivity contribution in [3.63, 3.8) is 0 Å². The summed E-state index contributed by atoms with van der Waals surface area (Å²) in [7, 11) is 0. The molecule has 0 bridgehead atoms. The molecule has 2 atom stereocenters. The number of nitrogens with one attached hydrogen (secondary N) is 2. The SMILES string of the molecule is CC(NC(=O)c1ccoc1)C(=O)NC(C)(CN)C(C)C. The fraction of sp³-hybridized carbons (Fsp3) is 0.571. The third kappa shape index (κ3) is 3.84. The van der Waals surface area contributed by atoms with Crippen molar-refractivity contribution in [3.05, 3.63) is 24.2 Å². The molecule has 0 aliphatic heterocycles. The fourth-order valence-corrected chi connectivity index (χ4v) is 1.56. The smallest absolute Gasteiger partial charge is 0.255 e. The lowest BCUT2D eigenvalue weighted by Crippen LogP contribution is -2.59. The van der Waals surface area contributed by atoms with Crippen molar-refractivity contribution in [2.45, 2.75) is 39.3 Å². The number of carbonyl (C=O) groups excluding carboxylic acids is 2. The number of nitrogens with two attached hydrogens (primary N) is 1. The topological polar surface area (TPSA) is 97.4 Å². The molecule has 20 heavy (non-hydrogen) atoms. The van der Waals surface area contributed by atoms with Gasteiger partial charge in [-0.1, -0.05) is 13.8 Å². The molecule has 1 aromatic heterocycles. The van der Waals surface area contributed by atoms with E-state index in [4.69, 9.17) is 10.2 Å². The molecule has 6 nitrogen and oxygen atoms in total. The Labute approximate surface area is 119 Å². The van der Waals surface area contributed by atoms with Crippen molar-refractivity contribution < 1.29 is 14.0 Å². The molecule has 0 aromatic carbocycles. The molecular formula is C14H23N3O3. The Hall–Kier alpha value is -1.82. The number of rotatable bonds is 6. The molecule has 0 fully saturated rings. The summed E-state index contributed by atoms with van der Waals surface area (Å²) < 4.78 is 4.83. The molecule has 1 rings (SSSR count). The maximum atomic E-state index is 12.1. The maximum absolute atomic E-state index is 12.1. The molecular weight excluding hydrogens is 258 g/mol. The van der Waals surface area contributed by atoms with Gasteiger partial charge >= 0.3 is 0 Å². The number of hydrogen-bond acceptors (Lipinski definition) is 4. The normalized spacial score (nSPS) is 15.5. The van der Waals surface area contributed by atoms with E-state index in [9.17, 15) is 9.59 Å². The minimum absolute atomic E-state index is 0.188. The van der Waals surface area contributed by atoms with E-state index in [0.717, 1.165) is 0 Å². The van der Waals surface area contributed by atoms with Crippen molar-refractivity contribution in [2.75, 3.05) is 6.54 Å². The number of carbonyl (C=O) groups is 2. The Morgan fingerprint density at radius 3 is 2.50 bits per heavy atom. The zero-order chi connectivity index (χ0) is 15.3. The van der Waals surface area contributed by atoms with Gasteiger partial charge in [0.1, 0.15) is 12.3 Å². The van der Waals surface area contributed by atoms with Gasteiger partial charge in [-0.2, -0.15) is 0 Å². The van der Waals surface area contributed by atoms with Crippen molar-refractivity contribution in [3.8, 4) is 0 Å². The summed E-state index contributed by atoms with van der Waals surface area (Å²) in [6, 6.07) is 0.889. The molecule has 2 amide bonds. The monoisotopic (exact) mass is 281 g/mol. The second-order valence-electron chi connectivity index (χ2n) is 5.47. The first kappa shape index (κ1) is 16.2. The average Bonchev–Trinajstić information content (AvgIpc) is 2.91. The van der Waals surface area contributed by atoms with Crippen LogP contribution < -0.4 is 16.4 Å². The van der Waals surface area contributed by atoms with Crippen LogP contribution in [0.4, 0.5) is 0 Å². The van der Waals surface area contributed by atoms with Crippen LogP contribution in [0, 0.1) is 5.92 Å². The molecule has 112 valence electrons. The number of hydrogen-bond donors (Lipinski definition) is 3. The lowest BCUT2D eigenvalue weighted by Gasteiger charge is -2.34. The summed E-state index contributed by atoms with van der Waals surface area (Å²) in [6.07, 6.45) is 2.74. The summed E-state index contributed by atoms with van der Waals surface area (Å²) >= 11 is 0. The van der Waals surface area contributed by atoms with Crippen molar-refractivity contribution in [1.82, 2.24) is 10.6 Å². The molecule has 1 aromatic rings. The van der Waals surface area contributed by atoms with Crippen molar-refractivity contribution >= 4 is 11.8 Å². The number of furan rings is 1. The zero-order valence-corrected chi connectivity index (χ0v) is 12.4. The first-order valence-electron chi connectivity index (χ1n) is 6.65. The zero-order valence-electron chi connectivity index (χ0n) is 12.4. The van der Waals surface area contributed by atoms with Crippen LogP contribution in [0.3, 0.4) is 0 Å². The molecule has 0 aliphatic rings. The second kappa shape index (κ2) is 6.56. The Bertz CT molecular complexity index is 456. The van der Waals surface area contributed by atoms with Gasteiger partial charge in [-0.05, 0) is 25.8 Å². The van der Waals surface area contributed by atoms with E-state index in [1.807, 2.05) is 20.8 Å². The van der Waals surface area contributed by atoms with Gasteiger partial charge in [0.15, 0.2) is 0 Å². The van der Waals surface area contributed by atoms with E-state index in [2.05, 4.69) is 10.6 Å². The van der Waals surface area contributed by atoms with Crippen LogP contribution in [0.25, 0.3) is 0 Å². The molecule has 0 spiro atoms. The lowest BCUT2D eigenvalue weighted by atomic mass is 9.88. The molecule has 0 saturated heterocycles. The van der Waals surface area contributed by atoms with E-state index in [-0.39, 0.29) is 17.7 Å². The van der Waals surface area contributed by atoms with Gasteiger partial charge in [-0.3, -0.25) is 9.59 Å². The third-order valence-electron chi connectivity index (χ3n) is 3.63. The van der Waals surface area contributed by atoms with Gasteiger partial charge in [0, 0.05) is 6.54 Å². The van der Waals surface area contributed by atoms with Crippen LogP contribution >= 0.6 is 0 Å². The molecule has 0 aliphatic carbocycles. The summed E-state index contributed by atoms with van der Waals surface area (Å²) in [5, 5.41) is 5.51. The van der Waals surface area contributed by atoms with Crippen molar-refractivity contribution in [2.24, 2.45) is 11.7 Å². The minimum Gasteiger partial charge on any atom is -0.472 e. The van der Waals surface area contributed by atoms with Crippen LogP contribution in [0.5, 0.6) is 0 Å². The Morgan fingerprint density at radius 1 is 1.40 bits per heavy atom. The standard InChI is InChI=1S/C14H23N3O3/c1-9(2)14(4,8-15)17-12(18)10(3)16-13(19)11-5-6-20-7-11/h5-7,9-10H,8,15H2,1-4H3,(H,16,19)(H,17,18). The van der Waals surface area contributed by atoms with Gasteiger partial charge in [0.05, 0.1) is 17.4 Å². The van der Waals surface area contributed by atoms with E-state index < -0.39 is 11.6 Å². The summed E-state index contributed by atoms with van der Waals surface area (Å²) in [5.41, 5.74) is 5.61. The Morgan fingerprint density at radius 2 is 2.05 bits per heavy atom. The van der Waals surface area contributed by atoms with Gasteiger partial charge in [0.25, 0.3) is 5.91 Å². The van der Waals surface area contributed by atoms with Gasteiger partial charge in [-0.15, -0.1) is 0 Å². The Kier molecular flexibility index (Phi) is 5.33. The fourth-order valence-electron chi connectivity index (χ4n) is 1.56. The minimum atomic E-state index is -0.651. The van der Waals surface area contributed by atoms with Crippen LogP contribution in [-0.2, 0) is 4.79 Å². The second-order valence-corrected chi connectivity index (χ2v) is 5.47. The van der Waals surface area contributed by atoms with Gasteiger partial charge in [-0.25, -0.2) is 0 Å². The predicted molar refractivity (Wildman–Crippen MR) is 76.1 cm³/mol. The van der Waals surface area contributed by atoms with E-state index in [1.54, 1.807) is 6.92 Å². The van der Waals surface area contributed by atoms with Crippen molar-refractivity contribution in [1.29, 1.82) is 0 Å². The van der Waals surface area contributed by atoms with Crippen LogP contribution in [0.1, 0.15) is 38.1 Å². The van der Waals surface area contributed by atoms with Crippen LogP contribution in [-0.4, -0.2) is 29.9 Å². The number of amides is 2. The largest absolute Gasteiger partial charge is 0.472 e. The van der Waals surface area contributed by atoms with Gasteiger partial charge in [0.2, 0.25) is 5.91 Å². The molecule has 6 heteroatoms. The summed E-state index contributed by atoms with van der Waals surface area (Å²) in [4.78, 5) is 23.9. The Balaban J connectivity index is 2.61.